The molecule has 0 amide bonds. The van der Waals surface area contributed by atoms with Gasteiger partial charge < -0.3 is 30.6 Å². The average molecular weight is 572 g/mol. The van der Waals surface area contributed by atoms with Gasteiger partial charge in [0.15, 0.2) is 17.9 Å². The number of nitrogen functional groups attached to an aromatic ring is 1. The van der Waals surface area contributed by atoms with Crippen molar-refractivity contribution in [2.24, 2.45) is 5.73 Å². The van der Waals surface area contributed by atoms with Gasteiger partial charge in [0, 0.05) is 5.38 Å². The number of phosphoric ester groups is 1. The molecule has 0 aliphatic carbocycles. The van der Waals surface area contributed by atoms with Gasteiger partial charge in [0.2, 0.25) is 5.95 Å². The number of rotatable bonds is 10. The third kappa shape index (κ3) is 6.89. The molecule has 1 fully saturated rings. The number of aromatic nitrogens is 3. The van der Waals surface area contributed by atoms with Gasteiger partial charge in [-0.1, -0.05) is 24.1 Å². The number of aliphatic hydroxyl groups is 1. The molecule has 1 aliphatic heterocycles. The Labute approximate surface area is 222 Å². The highest BCUT2D eigenvalue weighted by Crippen LogP contribution is 2.51. The number of nitrogens with zero attached hydrogens (tertiary/aromatic N) is 3. The van der Waals surface area contributed by atoms with E-state index in [1.54, 1.807) is 32.0 Å². The Kier molecular flexibility index (Phi) is 9.50. The molecule has 38 heavy (non-hydrogen) atoms. The predicted octanol–water partition coefficient (Wildman–Crippen LogP) is 0.936. The normalized spacial score (nSPS) is 25.2. The SMILES string of the molecule is CC(C)OC(=O)[C@H](C)OP(=O)(OC[C@H]1O[C@@H](n2cnc(N)nc2=O)C(N)(C#CCl)[C@H]1O)Oc1ccccc1. The number of para-hydroxylation sites is 1. The Morgan fingerprint density at radius 2 is 2.03 bits per heavy atom. The van der Waals surface area contributed by atoms with Crippen LogP contribution < -0.4 is 21.7 Å². The summed E-state index contributed by atoms with van der Waals surface area (Å²) in [6, 6.07) is 7.91. The molecular formula is C22H27ClN5O9P. The van der Waals surface area contributed by atoms with E-state index in [0.29, 0.717) is 0 Å². The molecule has 206 valence electrons. The second kappa shape index (κ2) is 12.2. The van der Waals surface area contributed by atoms with Crippen LogP contribution in [0.3, 0.4) is 0 Å². The highest BCUT2D eigenvalue weighted by molar-refractivity contribution is 7.49. The van der Waals surface area contributed by atoms with E-state index in [9.17, 15) is 19.3 Å². The molecule has 2 heterocycles. The highest BCUT2D eigenvalue weighted by atomic mass is 35.5. The van der Waals surface area contributed by atoms with Crippen LogP contribution in [0.5, 0.6) is 5.75 Å². The Morgan fingerprint density at radius 3 is 2.63 bits per heavy atom. The van der Waals surface area contributed by atoms with Crippen LogP contribution in [0.1, 0.15) is 27.0 Å². The molecule has 2 aromatic rings. The van der Waals surface area contributed by atoms with E-state index in [1.807, 2.05) is 0 Å². The van der Waals surface area contributed by atoms with E-state index in [2.05, 4.69) is 21.3 Å². The summed E-state index contributed by atoms with van der Waals surface area (Å²) < 4.78 is 41.6. The highest BCUT2D eigenvalue weighted by Gasteiger charge is 2.55. The van der Waals surface area contributed by atoms with Crippen molar-refractivity contribution in [2.75, 3.05) is 12.3 Å². The van der Waals surface area contributed by atoms with Gasteiger partial charge in [0.05, 0.1) is 12.7 Å². The van der Waals surface area contributed by atoms with Crippen LogP contribution in [-0.2, 0) is 27.9 Å². The lowest BCUT2D eigenvalue weighted by Gasteiger charge is -2.27. The number of benzene rings is 1. The molecule has 6 atom stereocenters. The first-order valence-electron chi connectivity index (χ1n) is 11.2. The molecule has 0 spiro atoms. The van der Waals surface area contributed by atoms with Gasteiger partial charge in [-0.05, 0) is 44.5 Å². The van der Waals surface area contributed by atoms with E-state index in [-0.39, 0.29) is 11.7 Å². The van der Waals surface area contributed by atoms with Crippen LogP contribution in [0.2, 0.25) is 0 Å². The largest absolute Gasteiger partial charge is 0.530 e. The Hall–Kier alpha value is -3.02. The minimum atomic E-state index is -4.54. The van der Waals surface area contributed by atoms with Gasteiger partial charge in [-0.25, -0.2) is 19.1 Å². The van der Waals surface area contributed by atoms with Crippen molar-refractivity contribution in [3.05, 3.63) is 47.1 Å². The molecule has 3 rings (SSSR count). The molecule has 1 aromatic carbocycles. The van der Waals surface area contributed by atoms with Gasteiger partial charge in [-0.15, -0.1) is 0 Å². The molecule has 1 saturated heterocycles. The van der Waals surface area contributed by atoms with E-state index in [1.165, 1.54) is 19.1 Å². The summed E-state index contributed by atoms with van der Waals surface area (Å²) in [6.07, 6.45) is -5.20. The number of nitrogens with two attached hydrogens (primary N) is 2. The van der Waals surface area contributed by atoms with Crippen molar-refractivity contribution in [1.29, 1.82) is 0 Å². The van der Waals surface area contributed by atoms with Crippen molar-refractivity contribution in [3.8, 4) is 17.0 Å². The van der Waals surface area contributed by atoms with Crippen LogP contribution in [0.4, 0.5) is 5.95 Å². The first kappa shape index (κ1) is 29.5. The zero-order chi connectivity index (χ0) is 28.1. The van der Waals surface area contributed by atoms with Gasteiger partial charge >= 0.3 is 19.5 Å². The number of anilines is 1. The molecule has 0 bridgehead atoms. The quantitative estimate of drug-likeness (QED) is 0.207. The Bertz CT molecular complexity index is 1300. The second-order valence-electron chi connectivity index (χ2n) is 8.41. The topological polar surface area (TPSA) is 200 Å². The monoisotopic (exact) mass is 571 g/mol. The van der Waals surface area contributed by atoms with Gasteiger partial charge in [-0.3, -0.25) is 13.6 Å². The Morgan fingerprint density at radius 1 is 1.34 bits per heavy atom. The summed E-state index contributed by atoms with van der Waals surface area (Å²) in [5, 5.41) is 13.0. The maximum absolute atomic E-state index is 13.6. The number of ether oxygens (including phenoxy) is 2. The van der Waals surface area contributed by atoms with Gasteiger partial charge in [0.25, 0.3) is 0 Å². The van der Waals surface area contributed by atoms with E-state index in [0.717, 1.165) is 10.9 Å². The maximum Gasteiger partial charge on any atom is 0.530 e. The predicted molar refractivity (Wildman–Crippen MR) is 134 cm³/mol. The molecule has 2 unspecified atom stereocenters. The molecule has 5 N–H and O–H groups in total. The third-order valence-electron chi connectivity index (χ3n) is 5.14. The molecule has 0 radical (unpaired) electrons. The lowest BCUT2D eigenvalue weighted by atomic mass is 9.92. The summed E-state index contributed by atoms with van der Waals surface area (Å²) in [4.78, 5) is 31.9. The lowest BCUT2D eigenvalue weighted by Crippen LogP contribution is -2.55. The zero-order valence-electron chi connectivity index (χ0n) is 20.6. The fraction of sp³-hybridized carbons (Fsp3) is 0.455. The Balaban J connectivity index is 1.86. The van der Waals surface area contributed by atoms with Crippen molar-refractivity contribution in [1.82, 2.24) is 14.5 Å². The number of esters is 1. The third-order valence-corrected chi connectivity index (χ3v) is 6.71. The van der Waals surface area contributed by atoms with Gasteiger partial charge in [-0.2, -0.15) is 4.98 Å². The summed E-state index contributed by atoms with van der Waals surface area (Å²) in [5.74, 6) is 1.42. The van der Waals surface area contributed by atoms with Crippen molar-refractivity contribution < 1.29 is 37.5 Å². The smallest absolute Gasteiger partial charge is 0.461 e. The molecular weight excluding hydrogens is 545 g/mol. The fourth-order valence-corrected chi connectivity index (χ4v) is 4.89. The standard InChI is InChI=1S/C22H27ClN5O9P/c1-13(2)34-18(30)14(3)36-38(32,37-15-7-5-4-6-8-15)33-11-16-17(29)22(25,9-10-23)19(35-16)28-12-26-20(24)27-21(28)31/h4-8,12-14,16-17,19,29H,11,25H2,1-3H3,(H2,24,27,31)/t14-,16+,17-,19+,22?,38?/m0/s1. The minimum absolute atomic E-state index is 0.109. The number of carbonyl (C=O) groups excluding carboxylic acids is 1. The summed E-state index contributed by atoms with van der Waals surface area (Å²) in [5.41, 5.74) is 8.89. The molecule has 1 aliphatic rings. The van der Waals surface area contributed by atoms with Crippen molar-refractivity contribution in [3.63, 3.8) is 0 Å². The number of hydrogen-bond acceptors (Lipinski definition) is 13. The van der Waals surface area contributed by atoms with Crippen LogP contribution in [0.15, 0.2) is 41.5 Å². The van der Waals surface area contributed by atoms with Crippen molar-refractivity contribution >= 4 is 31.3 Å². The van der Waals surface area contributed by atoms with Crippen molar-refractivity contribution in [2.45, 2.75) is 57.0 Å². The number of carbonyl (C=O) groups is 1. The molecule has 1 aromatic heterocycles. The van der Waals surface area contributed by atoms with E-state index >= 15 is 0 Å². The number of phosphoric acid groups is 1. The van der Waals surface area contributed by atoms with Crippen LogP contribution in [-0.4, -0.2) is 62.2 Å². The van der Waals surface area contributed by atoms with Crippen LogP contribution in [0, 0.1) is 11.3 Å². The fourth-order valence-electron chi connectivity index (χ4n) is 3.38. The number of hydrogen-bond donors (Lipinski definition) is 3. The summed E-state index contributed by atoms with van der Waals surface area (Å²) >= 11 is 5.56. The van der Waals surface area contributed by atoms with E-state index < -0.39 is 62.3 Å². The van der Waals surface area contributed by atoms with Crippen LogP contribution >= 0.6 is 19.4 Å². The first-order chi connectivity index (χ1) is 17.9. The minimum Gasteiger partial charge on any atom is -0.461 e. The van der Waals surface area contributed by atoms with Crippen LogP contribution in [0.25, 0.3) is 0 Å². The van der Waals surface area contributed by atoms with Gasteiger partial charge in [0.1, 0.15) is 24.3 Å². The first-order valence-corrected chi connectivity index (χ1v) is 13.1. The summed E-state index contributed by atoms with van der Waals surface area (Å²) in [7, 11) is -4.54. The average Bonchev–Trinajstić information content (AvgIpc) is 3.08. The molecule has 0 saturated carbocycles. The maximum atomic E-state index is 13.6. The summed E-state index contributed by atoms with van der Waals surface area (Å²) in [6.45, 7) is 3.94. The van der Waals surface area contributed by atoms with E-state index in [4.69, 9.17) is 46.1 Å². The zero-order valence-corrected chi connectivity index (χ0v) is 22.2. The number of halogens is 1. The molecule has 14 nitrogen and oxygen atoms in total. The molecule has 16 heteroatoms. The number of aliphatic hydroxyl groups excluding tert-OH is 1. The second-order valence-corrected chi connectivity index (χ2v) is 10.1. The lowest BCUT2D eigenvalue weighted by molar-refractivity contribution is -0.156.